The number of nitrogens with two attached hydrogens (primary N) is 1. The molecule has 1 aromatic carbocycles. The fraction of sp³-hybridized carbons (Fsp3) is 0.312. The molecule has 0 atom stereocenters. The molecule has 0 aliphatic heterocycles. The third-order valence-corrected chi connectivity index (χ3v) is 3.49. The SMILES string of the molecule is CC(C)(C)n1nc(-c2ccc(OC(F)(F)F)cc2)c2c(N)ncnc21. The number of hydrogen-bond donors (Lipinski definition) is 1. The molecule has 0 amide bonds. The van der Waals surface area contributed by atoms with Gasteiger partial charge >= 0.3 is 6.36 Å². The highest BCUT2D eigenvalue weighted by atomic mass is 19.4. The molecule has 0 fully saturated rings. The van der Waals surface area contributed by atoms with Crippen LogP contribution in [-0.4, -0.2) is 26.1 Å². The fourth-order valence-electron chi connectivity index (χ4n) is 2.46. The number of hydrogen-bond acceptors (Lipinski definition) is 5. The van der Waals surface area contributed by atoms with E-state index in [2.05, 4.69) is 19.8 Å². The maximum atomic E-state index is 12.3. The Morgan fingerprint density at radius 1 is 1.04 bits per heavy atom. The summed E-state index contributed by atoms with van der Waals surface area (Å²) in [7, 11) is 0. The maximum Gasteiger partial charge on any atom is 0.573 e. The molecule has 6 nitrogen and oxygen atoms in total. The van der Waals surface area contributed by atoms with E-state index in [1.54, 1.807) is 4.68 Å². The van der Waals surface area contributed by atoms with Gasteiger partial charge in [0.05, 0.1) is 10.9 Å². The number of aromatic nitrogens is 4. The zero-order valence-electron chi connectivity index (χ0n) is 13.8. The number of halogens is 3. The van der Waals surface area contributed by atoms with Gasteiger partial charge in [0.25, 0.3) is 0 Å². The third-order valence-electron chi connectivity index (χ3n) is 3.49. The quantitative estimate of drug-likeness (QED) is 0.761. The van der Waals surface area contributed by atoms with E-state index in [0.717, 1.165) is 0 Å². The van der Waals surface area contributed by atoms with Crippen molar-refractivity contribution in [2.24, 2.45) is 0 Å². The average molecular weight is 351 g/mol. The van der Waals surface area contributed by atoms with E-state index < -0.39 is 6.36 Å². The van der Waals surface area contributed by atoms with Crippen LogP contribution >= 0.6 is 0 Å². The number of nitrogens with zero attached hydrogens (tertiary/aromatic N) is 4. The second kappa shape index (κ2) is 5.61. The molecule has 0 aliphatic carbocycles. The molecule has 0 radical (unpaired) electrons. The minimum absolute atomic E-state index is 0.256. The minimum atomic E-state index is -4.74. The summed E-state index contributed by atoms with van der Waals surface area (Å²) in [5, 5.41) is 5.12. The largest absolute Gasteiger partial charge is 0.573 e. The second-order valence-electron chi connectivity index (χ2n) is 6.46. The number of rotatable bonds is 2. The summed E-state index contributed by atoms with van der Waals surface area (Å²) in [6, 6.07) is 5.43. The maximum absolute atomic E-state index is 12.3. The van der Waals surface area contributed by atoms with Crippen molar-refractivity contribution in [1.29, 1.82) is 0 Å². The summed E-state index contributed by atoms with van der Waals surface area (Å²) in [5.41, 5.74) is 7.27. The second-order valence-corrected chi connectivity index (χ2v) is 6.46. The molecular formula is C16H16F3N5O. The van der Waals surface area contributed by atoms with Gasteiger partial charge in [-0.15, -0.1) is 13.2 Å². The Bertz CT molecular complexity index is 910. The van der Waals surface area contributed by atoms with Crippen molar-refractivity contribution < 1.29 is 17.9 Å². The first kappa shape index (κ1) is 17.0. The lowest BCUT2D eigenvalue weighted by Gasteiger charge is -2.19. The Kier molecular flexibility index (Phi) is 3.81. The molecule has 2 heterocycles. The predicted molar refractivity (Wildman–Crippen MR) is 86.9 cm³/mol. The van der Waals surface area contributed by atoms with Gasteiger partial charge in [-0.1, -0.05) is 0 Å². The lowest BCUT2D eigenvalue weighted by atomic mass is 10.1. The Balaban J connectivity index is 2.13. The molecule has 3 aromatic rings. The highest BCUT2D eigenvalue weighted by Gasteiger charge is 2.31. The molecule has 0 spiro atoms. The van der Waals surface area contributed by atoms with E-state index in [1.165, 1.54) is 30.6 Å². The van der Waals surface area contributed by atoms with Crippen molar-refractivity contribution >= 4 is 16.9 Å². The molecule has 0 saturated carbocycles. The lowest BCUT2D eigenvalue weighted by molar-refractivity contribution is -0.274. The topological polar surface area (TPSA) is 78.9 Å². The van der Waals surface area contributed by atoms with Crippen molar-refractivity contribution in [1.82, 2.24) is 19.7 Å². The zero-order valence-corrected chi connectivity index (χ0v) is 13.8. The van der Waals surface area contributed by atoms with Crippen molar-refractivity contribution in [2.45, 2.75) is 32.7 Å². The Hall–Kier alpha value is -2.84. The summed E-state index contributed by atoms with van der Waals surface area (Å²) in [4.78, 5) is 8.25. The normalized spacial score (nSPS) is 12.6. The molecular weight excluding hydrogens is 335 g/mol. The van der Waals surface area contributed by atoms with Gasteiger partial charge < -0.3 is 10.5 Å². The van der Waals surface area contributed by atoms with Crippen LogP contribution in [-0.2, 0) is 5.54 Å². The summed E-state index contributed by atoms with van der Waals surface area (Å²) >= 11 is 0. The Morgan fingerprint density at radius 2 is 1.68 bits per heavy atom. The third kappa shape index (κ3) is 3.35. The van der Waals surface area contributed by atoms with Gasteiger partial charge in [0.15, 0.2) is 5.65 Å². The van der Waals surface area contributed by atoms with Crippen LogP contribution in [0.2, 0.25) is 0 Å². The minimum Gasteiger partial charge on any atom is -0.406 e. The van der Waals surface area contributed by atoms with Gasteiger partial charge in [0.1, 0.15) is 23.6 Å². The summed E-state index contributed by atoms with van der Waals surface area (Å²) in [6.07, 6.45) is -3.38. The number of ether oxygens (including phenoxy) is 1. The van der Waals surface area contributed by atoms with Crippen LogP contribution in [0.1, 0.15) is 20.8 Å². The van der Waals surface area contributed by atoms with Crippen molar-refractivity contribution in [2.75, 3.05) is 5.73 Å². The molecule has 0 bridgehead atoms. The highest BCUT2D eigenvalue weighted by Crippen LogP contribution is 2.34. The summed E-state index contributed by atoms with van der Waals surface area (Å²) in [5.74, 6) is -0.0499. The highest BCUT2D eigenvalue weighted by molar-refractivity contribution is 5.98. The molecule has 2 N–H and O–H groups in total. The molecule has 2 aromatic heterocycles. The molecule has 132 valence electrons. The van der Waals surface area contributed by atoms with Crippen LogP contribution in [0.25, 0.3) is 22.3 Å². The molecule has 25 heavy (non-hydrogen) atoms. The summed E-state index contributed by atoms with van der Waals surface area (Å²) < 4.78 is 42.5. The standard InChI is InChI=1S/C16H16F3N5O/c1-15(2,3)24-14-11(13(20)21-8-22-14)12(23-24)9-4-6-10(7-5-9)25-16(17,18)19/h4-8H,1-3H3,(H2,20,21,22). The first-order valence-corrected chi connectivity index (χ1v) is 7.42. The van der Waals surface area contributed by atoms with Gasteiger partial charge in [-0.25, -0.2) is 14.6 Å². The first-order valence-electron chi connectivity index (χ1n) is 7.42. The van der Waals surface area contributed by atoms with Gasteiger partial charge in [0.2, 0.25) is 0 Å². The van der Waals surface area contributed by atoms with Crippen LogP contribution in [0, 0.1) is 0 Å². The number of anilines is 1. The van der Waals surface area contributed by atoms with Crippen LogP contribution in [0.5, 0.6) is 5.75 Å². The average Bonchev–Trinajstić information content (AvgIpc) is 2.87. The smallest absolute Gasteiger partial charge is 0.406 e. The van der Waals surface area contributed by atoms with Crippen LogP contribution < -0.4 is 10.5 Å². The van der Waals surface area contributed by atoms with E-state index in [4.69, 9.17) is 5.73 Å². The van der Waals surface area contributed by atoms with Gasteiger partial charge in [-0.3, -0.25) is 0 Å². The Labute approximate surface area is 141 Å². The van der Waals surface area contributed by atoms with Gasteiger partial charge in [-0.05, 0) is 45.0 Å². The first-order chi connectivity index (χ1) is 11.6. The van der Waals surface area contributed by atoms with Crippen LogP contribution in [0.3, 0.4) is 0 Å². The summed E-state index contributed by atoms with van der Waals surface area (Å²) in [6.45, 7) is 5.88. The number of nitrogen functional groups attached to an aromatic ring is 1. The van der Waals surface area contributed by atoms with Crippen molar-refractivity contribution in [3.63, 3.8) is 0 Å². The van der Waals surface area contributed by atoms with Crippen molar-refractivity contribution in [3.8, 4) is 17.0 Å². The molecule has 0 saturated heterocycles. The van der Waals surface area contributed by atoms with E-state index in [0.29, 0.717) is 22.3 Å². The van der Waals surface area contributed by atoms with Gasteiger partial charge in [-0.2, -0.15) is 5.10 Å². The number of benzene rings is 1. The van der Waals surface area contributed by atoms with E-state index >= 15 is 0 Å². The van der Waals surface area contributed by atoms with Crippen LogP contribution in [0.15, 0.2) is 30.6 Å². The predicted octanol–water partition coefficient (Wildman–Crippen LogP) is 3.73. The lowest BCUT2D eigenvalue weighted by Crippen LogP contribution is -2.23. The number of fused-ring (bicyclic) bond motifs is 1. The molecule has 0 unspecified atom stereocenters. The molecule has 0 aliphatic rings. The molecule has 9 heteroatoms. The van der Waals surface area contributed by atoms with E-state index in [-0.39, 0.29) is 17.1 Å². The van der Waals surface area contributed by atoms with Crippen molar-refractivity contribution in [3.05, 3.63) is 30.6 Å². The van der Waals surface area contributed by atoms with Gasteiger partial charge in [0, 0.05) is 5.56 Å². The van der Waals surface area contributed by atoms with E-state index in [1.807, 2.05) is 20.8 Å². The Morgan fingerprint density at radius 3 is 2.24 bits per heavy atom. The van der Waals surface area contributed by atoms with E-state index in [9.17, 15) is 13.2 Å². The van der Waals surface area contributed by atoms with Crippen LogP contribution in [0.4, 0.5) is 19.0 Å². The number of alkyl halides is 3. The monoisotopic (exact) mass is 351 g/mol. The zero-order chi connectivity index (χ0) is 18.4. The fourth-order valence-corrected chi connectivity index (χ4v) is 2.46. The molecule has 3 rings (SSSR count).